The van der Waals surface area contributed by atoms with Crippen LogP contribution in [0.2, 0.25) is 0 Å². The summed E-state index contributed by atoms with van der Waals surface area (Å²) in [6, 6.07) is 8.12. The number of nitrogens with one attached hydrogen (secondary N) is 2. The highest BCUT2D eigenvalue weighted by atomic mass is 16.5. The molecule has 2 aromatic rings. The molecule has 0 bridgehead atoms. The fraction of sp³-hybridized carbons (Fsp3) is 0.286. The van der Waals surface area contributed by atoms with Gasteiger partial charge in [0.2, 0.25) is 0 Å². The van der Waals surface area contributed by atoms with Crippen LogP contribution in [0.4, 0.5) is 5.69 Å². The molecule has 0 spiro atoms. The summed E-state index contributed by atoms with van der Waals surface area (Å²) in [5, 5.41) is 6.65. The van der Waals surface area contributed by atoms with Gasteiger partial charge in [0.15, 0.2) is 0 Å². The summed E-state index contributed by atoms with van der Waals surface area (Å²) in [4.78, 5) is 23.1. The first-order chi connectivity index (χ1) is 9.72. The van der Waals surface area contributed by atoms with E-state index in [0.29, 0.717) is 24.4 Å². The molecule has 2 heterocycles. The highest BCUT2D eigenvalue weighted by Crippen LogP contribution is 2.18. The van der Waals surface area contributed by atoms with Crippen LogP contribution in [0.25, 0.3) is 11.0 Å². The third kappa shape index (κ3) is 2.71. The van der Waals surface area contributed by atoms with E-state index < -0.39 is 11.7 Å². The molecule has 1 aromatic carbocycles. The van der Waals surface area contributed by atoms with Gasteiger partial charge in [-0.2, -0.15) is 0 Å². The average molecular weight is 274 g/mol. The maximum Gasteiger partial charge on any atom is 0.336 e. The van der Waals surface area contributed by atoms with Crippen molar-refractivity contribution in [3.8, 4) is 0 Å². The summed E-state index contributed by atoms with van der Waals surface area (Å²) in [6.45, 7) is 1.80. The van der Waals surface area contributed by atoms with Crippen LogP contribution in [-0.2, 0) is 9.53 Å². The van der Waals surface area contributed by atoms with Crippen LogP contribution in [0.15, 0.2) is 39.5 Å². The van der Waals surface area contributed by atoms with Crippen molar-refractivity contribution in [2.45, 2.75) is 6.10 Å². The van der Waals surface area contributed by atoms with Crippen LogP contribution in [0.3, 0.4) is 0 Å². The zero-order chi connectivity index (χ0) is 13.9. The zero-order valence-electron chi connectivity index (χ0n) is 10.7. The second-order valence-corrected chi connectivity index (χ2v) is 4.56. The SMILES string of the molecule is O=C(Nc1ccc2oc(=O)ccc2c1)C1CNCCO1. The summed E-state index contributed by atoms with van der Waals surface area (Å²) in [7, 11) is 0. The Labute approximate surface area is 114 Å². The lowest BCUT2D eigenvalue weighted by molar-refractivity contribution is -0.128. The van der Waals surface area contributed by atoms with Gasteiger partial charge in [-0.15, -0.1) is 0 Å². The Kier molecular flexibility index (Phi) is 3.49. The van der Waals surface area contributed by atoms with Gasteiger partial charge in [-0.25, -0.2) is 4.79 Å². The van der Waals surface area contributed by atoms with Gasteiger partial charge in [0, 0.05) is 30.2 Å². The quantitative estimate of drug-likeness (QED) is 0.789. The molecule has 1 unspecified atom stereocenters. The van der Waals surface area contributed by atoms with Crippen molar-refractivity contribution < 1.29 is 13.9 Å². The Morgan fingerprint density at radius 2 is 2.20 bits per heavy atom. The average Bonchev–Trinajstić information content (AvgIpc) is 2.48. The molecular weight excluding hydrogens is 260 g/mol. The molecular formula is C14H14N2O4. The first-order valence-electron chi connectivity index (χ1n) is 6.39. The second kappa shape index (κ2) is 5.44. The van der Waals surface area contributed by atoms with Crippen molar-refractivity contribution in [2.75, 3.05) is 25.0 Å². The number of amides is 1. The number of anilines is 1. The largest absolute Gasteiger partial charge is 0.423 e. The van der Waals surface area contributed by atoms with Gasteiger partial charge in [-0.05, 0) is 24.3 Å². The van der Waals surface area contributed by atoms with E-state index in [0.717, 1.165) is 11.9 Å². The monoisotopic (exact) mass is 274 g/mol. The summed E-state index contributed by atoms with van der Waals surface area (Å²) in [6.07, 6.45) is -0.479. The fourth-order valence-electron chi connectivity index (χ4n) is 2.11. The molecule has 1 aliphatic heterocycles. The molecule has 1 atom stereocenters. The number of hydrogen-bond donors (Lipinski definition) is 2. The van der Waals surface area contributed by atoms with Crippen molar-refractivity contribution in [1.29, 1.82) is 0 Å². The third-order valence-corrected chi connectivity index (χ3v) is 3.11. The Bertz CT molecular complexity index is 689. The molecule has 1 saturated heterocycles. The molecule has 0 saturated carbocycles. The smallest absolute Gasteiger partial charge is 0.336 e. The minimum absolute atomic E-state index is 0.186. The number of benzene rings is 1. The van der Waals surface area contributed by atoms with Crippen LogP contribution >= 0.6 is 0 Å². The maximum atomic E-state index is 12.0. The number of morpholine rings is 1. The van der Waals surface area contributed by atoms with Crippen LogP contribution in [0.5, 0.6) is 0 Å². The van der Waals surface area contributed by atoms with Gasteiger partial charge in [0.25, 0.3) is 5.91 Å². The first kappa shape index (κ1) is 12.8. The molecule has 1 fully saturated rings. The Morgan fingerprint density at radius 1 is 1.30 bits per heavy atom. The van der Waals surface area contributed by atoms with E-state index in [4.69, 9.17) is 9.15 Å². The number of hydrogen-bond acceptors (Lipinski definition) is 5. The van der Waals surface area contributed by atoms with Crippen LogP contribution in [0, 0.1) is 0 Å². The topological polar surface area (TPSA) is 80.6 Å². The molecule has 2 N–H and O–H groups in total. The third-order valence-electron chi connectivity index (χ3n) is 3.11. The Balaban J connectivity index is 1.78. The summed E-state index contributed by atoms with van der Waals surface area (Å²) in [5.74, 6) is -0.186. The number of carbonyl (C=O) groups is 1. The van der Waals surface area contributed by atoms with E-state index in [1.165, 1.54) is 6.07 Å². The minimum atomic E-state index is -0.479. The van der Waals surface area contributed by atoms with Crippen molar-refractivity contribution in [3.63, 3.8) is 0 Å². The molecule has 104 valence electrons. The lowest BCUT2D eigenvalue weighted by Crippen LogP contribution is -2.45. The van der Waals surface area contributed by atoms with Crippen molar-refractivity contribution in [3.05, 3.63) is 40.8 Å². The highest BCUT2D eigenvalue weighted by molar-refractivity contribution is 5.96. The van der Waals surface area contributed by atoms with Gasteiger partial charge >= 0.3 is 5.63 Å². The predicted molar refractivity (Wildman–Crippen MR) is 73.7 cm³/mol. The van der Waals surface area contributed by atoms with Gasteiger partial charge in [0.05, 0.1) is 6.61 Å². The van der Waals surface area contributed by atoms with Crippen molar-refractivity contribution in [2.24, 2.45) is 0 Å². The summed E-state index contributed by atoms with van der Waals surface area (Å²) in [5.41, 5.74) is 0.743. The molecule has 0 aliphatic carbocycles. The van der Waals surface area contributed by atoms with E-state index in [9.17, 15) is 9.59 Å². The number of fused-ring (bicyclic) bond motifs is 1. The van der Waals surface area contributed by atoms with Crippen LogP contribution in [0.1, 0.15) is 0 Å². The zero-order valence-corrected chi connectivity index (χ0v) is 10.7. The Hall–Kier alpha value is -2.18. The molecule has 20 heavy (non-hydrogen) atoms. The molecule has 1 amide bonds. The Morgan fingerprint density at radius 3 is 3.00 bits per heavy atom. The van der Waals surface area contributed by atoms with Gasteiger partial charge in [-0.1, -0.05) is 0 Å². The molecule has 3 rings (SSSR count). The predicted octanol–water partition coefficient (Wildman–Crippen LogP) is 0.720. The number of rotatable bonds is 2. The molecule has 6 nitrogen and oxygen atoms in total. The van der Waals surface area contributed by atoms with Crippen LogP contribution < -0.4 is 16.3 Å². The van der Waals surface area contributed by atoms with E-state index in [1.807, 2.05) is 0 Å². The van der Waals surface area contributed by atoms with Gasteiger partial charge in [-0.3, -0.25) is 4.79 Å². The van der Waals surface area contributed by atoms with Crippen molar-refractivity contribution in [1.82, 2.24) is 5.32 Å². The summed E-state index contributed by atoms with van der Waals surface area (Å²) >= 11 is 0. The van der Waals surface area contributed by atoms with Gasteiger partial charge < -0.3 is 19.8 Å². The minimum Gasteiger partial charge on any atom is -0.423 e. The normalized spacial score (nSPS) is 18.9. The molecule has 6 heteroatoms. The second-order valence-electron chi connectivity index (χ2n) is 4.56. The number of ether oxygens (including phenoxy) is 1. The summed E-state index contributed by atoms with van der Waals surface area (Å²) < 4.78 is 10.4. The fourth-order valence-corrected chi connectivity index (χ4v) is 2.11. The molecule has 1 aliphatic rings. The molecule has 1 aromatic heterocycles. The lowest BCUT2D eigenvalue weighted by atomic mass is 10.2. The van der Waals surface area contributed by atoms with E-state index in [2.05, 4.69) is 10.6 Å². The van der Waals surface area contributed by atoms with E-state index in [1.54, 1.807) is 24.3 Å². The van der Waals surface area contributed by atoms with E-state index >= 15 is 0 Å². The highest BCUT2D eigenvalue weighted by Gasteiger charge is 2.21. The standard InChI is InChI=1S/C14H14N2O4/c17-13-4-1-9-7-10(2-3-11(9)20-13)16-14(18)12-8-15-5-6-19-12/h1-4,7,12,15H,5-6,8H2,(H,16,18). The maximum absolute atomic E-state index is 12.0. The van der Waals surface area contributed by atoms with Crippen molar-refractivity contribution >= 4 is 22.6 Å². The van der Waals surface area contributed by atoms with E-state index in [-0.39, 0.29) is 5.91 Å². The van der Waals surface area contributed by atoms with Gasteiger partial charge in [0.1, 0.15) is 11.7 Å². The molecule has 0 radical (unpaired) electrons. The number of carbonyl (C=O) groups excluding carboxylic acids is 1. The van der Waals surface area contributed by atoms with Crippen LogP contribution in [-0.4, -0.2) is 31.7 Å². The first-order valence-corrected chi connectivity index (χ1v) is 6.39. The lowest BCUT2D eigenvalue weighted by Gasteiger charge is -2.22.